The van der Waals surface area contributed by atoms with Gasteiger partial charge >= 0.3 is 17.9 Å². The number of hydrogen-bond acceptors (Lipinski definition) is 7. The summed E-state index contributed by atoms with van der Waals surface area (Å²) in [5.74, 6) is -0.880. The number of carbonyl (C=O) groups excluding carboxylic acids is 3. The van der Waals surface area contributed by atoms with Crippen LogP contribution in [0.25, 0.3) is 0 Å². The van der Waals surface area contributed by atoms with Crippen LogP contribution in [0.3, 0.4) is 0 Å². The molecule has 0 saturated heterocycles. The molecule has 0 aliphatic rings. The average Bonchev–Trinajstić information content (AvgIpc) is 3.09. The summed E-state index contributed by atoms with van der Waals surface area (Å²) in [6, 6.07) is 0. The first-order valence-electron chi connectivity index (χ1n) is 21.4. The lowest BCUT2D eigenvalue weighted by atomic mass is 9.95. The number of hydrogen-bond donors (Lipinski definition) is 1. The van der Waals surface area contributed by atoms with Crippen molar-refractivity contribution in [2.75, 3.05) is 19.8 Å². The first kappa shape index (κ1) is 48.4. The van der Waals surface area contributed by atoms with Crippen molar-refractivity contribution in [2.24, 2.45) is 11.8 Å². The van der Waals surface area contributed by atoms with Crippen LogP contribution in [-0.2, 0) is 28.6 Å². The Hall–Kier alpha value is -1.63. The van der Waals surface area contributed by atoms with Gasteiger partial charge in [0.1, 0.15) is 13.2 Å². The Bertz CT molecular complexity index is 724. The molecule has 0 rings (SSSR count). The van der Waals surface area contributed by atoms with Crippen molar-refractivity contribution in [3.05, 3.63) is 0 Å². The van der Waals surface area contributed by atoms with Crippen LogP contribution in [0.1, 0.15) is 220 Å². The number of carbonyl (C=O) groups is 3. The molecule has 7 heteroatoms. The SMILES string of the molecule is CCCCCCCCCCCCCCCC(=O)OCC(COC(=O)CCCCCCCCCCCCCCC)OC(=O)CC(C)CC(C)CO. The molecule has 296 valence electrons. The van der Waals surface area contributed by atoms with E-state index in [1.165, 1.54) is 128 Å². The second-order valence-corrected chi connectivity index (χ2v) is 15.3. The number of aliphatic hydroxyl groups excluding tert-OH is 1. The molecule has 0 aliphatic heterocycles. The van der Waals surface area contributed by atoms with E-state index in [0.29, 0.717) is 19.3 Å². The van der Waals surface area contributed by atoms with Crippen molar-refractivity contribution in [3.8, 4) is 0 Å². The van der Waals surface area contributed by atoms with E-state index in [0.717, 1.165) is 38.5 Å². The first-order valence-corrected chi connectivity index (χ1v) is 21.4. The van der Waals surface area contributed by atoms with Crippen LogP contribution in [0.5, 0.6) is 0 Å². The summed E-state index contributed by atoms with van der Waals surface area (Å²) in [7, 11) is 0. The van der Waals surface area contributed by atoms with Crippen molar-refractivity contribution in [2.45, 2.75) is 226 Å². The molecule has 0 aromatic heterocycles. The highest BCUT2D eigenvalue weighted by atomic mass is 16.6. The number of rotatable bonds is 38. The molecule has 0 aromatic carbocycles. The number of unbranched alkanes of at least 4 members (excludes halogenated alkanes) is 24. The van der Waals surface area contributed by atoms with Gasteiger partial charge in [-0.25, -0.2) is 0 Å². The van der Waals surface area contributed by atoms with E-state index in [9.17, 15) is 19.5 Å². The van der Waals surface area contributed by atoms with E-state index in [-0.39, 0.29) is 50.0 Å². The molecule has 7 nitrogen and oxygen atoms in total. The Morgan fingerprint density at radius 1 is 0.460 bits per heavy atom. The smallest absolute Gasteiger partial charge is 0.306 e. The maximum Gasteiger partial charge on any atom is 0.306 e. The van der Waals surface area contributed by atoms with Gasteiger partial charge < -0.3 is 19.3 Å². The fourth-order valence-corrected chi connectivity index (χ4v) is 6.57. The van der Waals surface area contributed by atoms with Crippen LogP contribution in [0, 0.1) is 11.8 Å². The first-order chi connectivity index (χ1) is 24.3. The summed E-state index contributed by atoms with van der Waals surface area (Å²) in [5, 5.41) is 9.34. The predicted molar refractivity (Wildman–Crippen MR) is 207 cm³/mol. The molecule has 1 N–H and O–H groups in total. The highest BCUT2D eigenvalue weighted by molar-refractivity contribution is 5.71. The van der Waals surface area contributed by atoms with Gasteiger partial charge in [0.05, 0.1) is 0 Å². The van der Waals surface area contributed by atoms with Gasteiger partial charge in [0.2, 0.25) is 0 Å². The van der Waals surface area contributed by atoms with Crippen LogP contribution in [0.15, 0.2) is 0 Å². The van der Waals surface area contributed by atoms with Gasteiger partial charge in [-0.05, 0) is 31.1 Å². The van der Waals surface area contributed by atoms with Crippen molar-refractivity contribution in [1.82, 2.24) is 0 Å². The lowest BCUT2D eigenvalue weighted by molar-refractivity contribution is -0.167. The summed E-state index contributed by atoms with van der Waals surface area (Å²) >= 11 is 0. The minimum atomic E-state index is -0.823. The van der Waals surface area contributed by atoms with E-state index < -0.39 is 12.1 Å². The van der Waals surface area contributed by atoms with E-state index >= 15 is 0 Å². The van der Waals surface area contributed by atoms with Gasteiger partial charge in [0.15, 0.2) is 6.10 Å². The Balaban J connectivity index is 4.29. The normalized spacial score (nSPS) is 12.6. The highest BCUT2D eigenvalue weighted by Crippen LogP contribution is 2.17. The zero-order valence-corrected chi connectivity index (χ0v) is 33.5. The summed E-state index contributed by atoms with van der Waals surface area (Å²) in [4.78, 5) is 37.6. The van der Waals surface area contributed by atoms with E-state index in [4.69, 9.17) is 14.2 Å². The van der Waals surface area contributed by atoms with Crippen molar-refractivity contribution in [3.63, 3.8) is 0 Å². The molecule has 2 atom stereocenters. The van der Waals surface area contributed by atoms with Gasteiger partial charge in [0.25, 0.3) is 0 Å². The van der Waals surface area contributed by atoms with Crippen LogP contribution in [0.2, 0.25) is 0 Å². The van der Waals surface area contributed by atoms with Gasteiger partial charge in [-0.1, -0.05) is 182 Å². The quantitative estimate of drug-likeness (QED) is 0.0387. The number of aliphatic hydroxyl groups is 1. The third kappa shape index (κ3) is 34.8. The maximum absolute atomic E-state index is 12.7. The molecule has 0 heterocycles. The standard InChI is InChI=1S/C43H82O7/c1-5-7-9-11-13-15-17-19-21-23-25-27-29-31-41(45)48-36-40(50-43(47)34-38(3)33-39(4)35-44)37-49-42(46)32-30-28-26-24-22-20-18-16-14-12-10-8-6-2/h38-40,44H,5-37H2,1-4H3. The Morgan fingerprint density at radius 2 is 0.780 bits per heavy atom. The summed E-state index contributed by atoms with van der Waals surface area (Å²) < 4.78 is 16.6. The van der Waals surface area contributed by atoms with Crippen LogP contribution < -0.4 is 0 Å². The van der Waals surface area contributed by atoms with Crippen LogP contribution in [0.4, 0.5) is 0 Å². The largest absolute Gasteiger partial charge is 0.462 e. The minimum Gasteiger partial charge on any atom is -0.462 e. The molecule has 50 heavy (non-hydrogen) atoms. The van der Waals surface area contributed by atoms with E-state index in [1.807, 2.05) is 13.8 Å². The second kappa shape index (κ2) is 37.1. The zero-order chi connectivity index (χ0) is 36.9. The monoisotopic (exact) mass is 711 g/mol. The highest BCUT2D eigenvalue weighted by Gasteiger charge is 2.21. The summed E-state index contributed by atoms with van der Waals surface area (Å²) in [6.07, 6.45) is 33.1. The molecule has 0 spiro atoms. The molecule has 0 aliphatic carbocycles. The van der Waals surface area contributed by atoms with Gasteiger partial charge in [-0.15, -0.1) is 0 Å². The van der Waals surface area contributed by atoms with Crippen molar-refractivity contribution >= 4 is 17.9 Å². The Labute approximate surface area is 309 Å². The second-order valence-electron chi connectivity index (χ2n) is 15.3. The van der Waals surface area contributed by atoms with Crippen molar-refractivity contribution < 1.29 is 33.7 Å². The molecular formula is C43H82O7. The molecule has 2 unspecified atom stereocenters. The molecule has 0 saturated carbocycles. The van der Waals surface area contributed by atoms with Gasteiger partial charge in [-0.2, -0.15) is 0 Å². The van der Waals surface area contributed by atoms with Crippen LogP contribution >= 0.6 is 0 Å². The third-order valence-electron chi connectivity index (χ3n) is 9.76. The fourth-order valence-electron chi connectivity index (χ4n) is 6.57. The molecule has 0 aromatic rings. The molecule has 0 fully saturated rings. The minimum absolute atomic E-state index is 0.0431. The Kier molecular flexibility index (Phi) is 35.9. The summed E-state index contributed by atoms with van der Waals surface area (Å²) in [6.45, 7) is 8.25. The fraction of sp³-hybridized carbons (Fsp3) is 0.930. The van der Waals surface area contributed by atoms with Gasteiger partial charge in [-0.3, -0.25) is 14.4 Å². The topological polar surface area (TPSA) is 99.1 Å². The Morgan fingerprint density at radius 3 is 1.10 bits per heavy atom. The van der Waals surface area contributed by atoms with Gasteiger partial charge in [0, 0.05) is 25.9 Å². The molecule has 0 bridgehead atoms. The number of ether oxygens (including phenoxy) is 3. The number of esters is 3. The van der Waals surface area contributed by atoms with Crippen molar-refractivity contribution in [1.29, 1.82) is 0 Å². The van der Waals surface area contributed by atoms with E-state index in [2.05, 4.69) is 13.8 Å². The van der Waals surface area contributed by atoms with E-state index in [1.54, 1.807) is 0 Å². The van der Waals surface area contributed by atoms with Crippen LogP contribution in [-0.4, -0.2) is 48.9 Å². The lowest BCUT2D eigenvalue weighted by Gasteiger charge is -2.20. The zero-order valence-electron chi connectivity index (χ0n) is 33.5. The summed E-state index contributed by atoms with van der Waals surface area (Å²) in [5.41, 5.74) is 0. The molecular weight excluding hydrogens is 628 g/mol. The average molecular weight is 711 g/mol. The predicted octanol–water partition coefficient (Wildman–Crippen LogP) is 12.0. The third-order valence-corrected chi connectivity index (χ3v) is 9.76. The lowest BCUT2D eigenvalue weighted by Crippen LogP contribution is -2.31. The maximum atomic E-state index is 12.7. The molecule has 0 radical (unpaired) electrons. The molecule has 0 amide bonds.